The Morgan fingerprint density at radius 2 is 2.14 bits per heavy atom. The first-order valence-corrected chi connectivity index (χ1v) is 8.39. The molecule has 3 aliphatic heterocycles. The molecule has 2 amide bonds. The largest absolute Gasteiger partial charge is 0.387 e. The van der Waals surface area contributed by atoms with E-state index in [0.29, 0.717) is 12.6 Å². The monoisotopic (exact) mass is 296 g/mol. The van der Waals surface area contributed by atoms with Gasteiger partial charge in [0.05, 0.1) is 5.60 Å². The van der Waals surface area contributed by atoms with E-state index in [1.807, 2.05) is 4.90 Å². The van der Waals surface area contributed by atoms with Crippen molar-refractivity contribution in [2.45, 2.75) is 43.7 Å². The van der Waals surface area contributed by atoms with Gasteiger partial charge in [0, 0.05) is 38.8 Å². The van der Waals surface area contributed by atoms with Crippen LogP contribution in [0.15, 0.2) is 0 Å². The van der Waals surface area contributed by atoms with E-state index < -0.39 is 5.60 Å². The van der Waals surface area contributed by atoms with Crippen LogP contribution in [0, 0.1) is 0 Å². The topological polar surface area (TPSA) is 67.8 Å². The van der Waals surface area contributed by atoms with Crippen molar-refractivity contribution in [2.75, 3.05) is 45.8 Å². The summed E-state index contributed by atoms with van der Waals surface area (Å²) < 4.78 is 0. The molecule has 3 aliphatic rings. The number of carbonyl (C=O) groups is 1. The van der Waals surface area contributed by atoms with E-state index in [2.05, 4.69) is 15.5 Å². The SMILES string of the molecule is O=C1NCCN1CCNC[C@]1(O)CCCN2CCCC[C@@H]21. The van der Waals surface area contributed by atoms with Crippen molar-refractivity contribution < 1.29 is 9.90 Å². The number of hydrogen-bond donors (Lipinski definition) is 3. The average molecular weight is 296 g/mol. The lowest BCUT2D eigenvalue weighted by molar-refractivity contribution is -0.0917. The lowest BCUT2D eigenvalue weighted by Crippen LogP contribution is -2.62. The highest BCUT2D eigenvalue weighted by Gasteiger charge is 2.43. The second-order valence-electron chi connectivity index (χ2n) is 6.65. The fourth-order valence-electron chi connectivity index (χ4n) is 4.07. The number of carbonyl (C=O) groups excluding carboxylic acids is 1. The number of nitrogens with one attached hydrogen (secondary N) is 2. The molecule has 0 saturated carbocycles. The van der Waals surface area contributed by atoms with Gasteiger partial charge in [-0.1, -0.05) is 6.42 Å². The Bertz CT molecular complexity index is 377. The van der Waals surface area contributed by atoms with Crippen LogP contribution in [0.25, 0.3) is 0 Å². The summed E-state index contributed by atoms with van der Waals surface area (Å²) in [6.07, 6.45) is 5.60. The molecule has 0 unspecified atom stereocenters. The van der Waals surface area contributed by atoms with Crippen LogP contribution >= 0.6 is 0 Å². The summed E-state index contributed by atoms with van der Waals surface area (Å²) in [6.45, 7) is 5.94. The highest BCUT2D eigenvalue weighted by Crippen LogP contribution is 2.33. The van der Waals surface area contributed by atoms with Crippen LogP contribution in [0.2, 0.25) is 0 Å². The quantitative estimate of drug-likeness (QED) is 0.624. The van der Waals surface area contributed by atoms with Gasteiger partial charge in [0.1, 0.15) is 0 Å². The summed E-state index contributed by atoms with van der Waals surface area (Å²) in [4.78, 5) is 15.8. The molecule has 2 atom stereocenters. The molecular formula is C15H28N4O2. The fourth-order valence-corrected chi connectivity index (χ4v) is 4.07. The molecule has 0 radical (unpaired) electrons. The van der Waals surface area contributed by atoms with Gasteiger partial charge in [-0.3, -0.25) is 4.90 Å². The van der Waals surface area contributed by atoms with E-state index in [9.17, 15) is 9.90 Å². The third-order valence-electron chi connectivity index (χ3n) is 5.22. The summed E-state index contributed by atoms with van der Waals surface area (Å²) in [7, 11) is 0. The number of amides is 2. The van der Waals surface area contributed by atoms with Crippen molar-refractivity contribution >= 4 is 6.03 Å². The molecule has 0 aromatic heterocycles. The summed E-state index contributed by atoms with van der Waals surface area (Å²) in [5.74, 6) is 0. The molecule has 0 spiro atoms. The van der Waals surface area contributed by atoms with Crippen LogP contribution in [-0.2, 0) is 0 Å². The molecule has 120 valence electrons. The van der Waals surface area contributed by atoms with Gasteiger partial charge in [-0.2, -0.15) is 0 Å². The lowest BCUT2D eigenvalue weighted by Gasteiger charge is -2.49. The minimum absolute atomic E-state index is 0.0339. The van der Waals surface area contributed by atoms with E-state index >= 15 is 0 Å². The highest BCUT2D eigenvalue weighted by atomic mass is 16.3. The van der Waals surface area contributed by atoms with E-state index in [0.717, 1.165) is 58.5 Å². The zero-order valence-electron chi connectivity index (χ0n) is 12.8. The number of piperidine rings is 2. The Balaban J connectivity index is 1.45. The van der Waals surface area contributed by atoms with Crippen molar-refractivity contribution in [3.05, 3.63) is 0 Å². The summed E-state index contributed by atoms with van der Waals surface area (Å²) >= 11 is 0. The Labute approximate surface area is 126 Å². The first kappa shape index (κ1) is 15.1. The molecule has 3 heterocycles. The van der Waals surface area contributed by atoms with Crippen molar-refractivity contribution in [3.8, 4) is 0 Å². The smallest absolute Gasteiger partial charge is 0.317 e. The second kappa shape index (κ2) is 6.50. The van der Waals surface area contributed by atoms with E-state index in [1.54, 1.807) is 0 Å². The molecule has 6 heteroatoms. The second-order valence-corrected chi connectivity index (χ2v) is 6.65. The van der Waals surface area contributed by atoms with Crippen molar-refractivity contribution in [2.24, 2.45) is 0 Å². The summed E-state index contributed by atoms with van der Waals surface area (Å²) in [6, 6.07) is 0.356. The Morgan fingerprint density at radius 1 is 1.29 bits per heavy atom. The van der Waals surface area contributed by atoms with Gasteiger partial charge in [0.2, 0.25) is 0 Å². The average Bonchev–Trinajstić information content (AvgIpc) is 2.90. The normalized spacial score (nSPS) is 33.9. The van der Waals surface area contributed by atoms with Crippen molar-refractivity contribution in [3.63, 3.8) is 0 Å². The van der Waals surface area contributed by atoms with E-state index in [1.165, 1.54) is 12.8 Å². The van der Waals surface area contributed by atoms with Gasteiger partial charge in [-0.15, -0.1) is 0 Å². The van der Waals surface area contributed by atoms with E-state index in [4.69, 9.17) is 0 Å². The first-order chi connectivity index (χ1) is 10.2. The molecule has 3 N–H and O–H groups in total. The van der Waals surface area contributed by atoms with Gasteiger partial charge in [0.15, 0.2) is 0 Å². The van der Waals surface area contributed by atoms with Crippen LogP contribution in [0.3, 0.4) is 0 Å². The molecule has 21 heavy (non-hydrogen) atoms. The number of rotatable bonds is 5. The molecule has 0 bridgehead atoms. The maximum Gasteiger partial charge on any atom is 0.317 e. The Hall–Kier alpha value is -0.850. The van der Waals surface area contributed by atoms with Crippen LogP contribution in [0.5, 0.6) is 0 Å². The lowest BCUT2D eigenvalue weighted by atomic mass is 9.79. The van der Waals surface area contributed by atoms with Crippen LogP contribution in [0.1, 0.15) is 32.1 Å². The molecular weight excluding hydrogens is 268 g/mol. The summed E-state index contributed by atoms with van der Waals surface area (Å²) in [5, 5.41) is 17.2. The van der Waals surface area contributed by atoms with Gasteiger partial charge in [0.25, 0.3) is 0 Å². The molecule has 6 nitrogen and oxygen atoms in total. The zero-order valence-corrected chi connectivity index (χ0v) is 12.8. The van der Waals surface area contributed by atoms with Crippen molar-refractivity contribution in [1.82, 2.24) is 20.4 Å². The minimum Gasteiger partial charge on any atom is -0.387 e. The molecule has 3 fully saturated rings. The number of urea groups is 1. The predicted octanol–water partition coefficient (Wildman–Crippen LogP) is -0.0194. The zero-order chi connectivity index (χ0) is 14.7. The molecule has 0 aromatic rings. The third kappa shape index (κ3) is 3.33. The Kier molecular flexibility index (Phi) is 4.66. The Morgan fingerprint density at radius 3 is 2.95 bits per heavy atom. The van der Waals surface area contributed by atoms with Gasteiger partial charge < -0.3 is 20.6 Å². The van der Waals surface area contributed by atoms with Crippen LogP contribution in [-0.4, -0.2) is 78.4 Å². The van der Waals surface area contributed by atoms with Crippen molar-refractivity contribution in [1.29, 1.82) is 0 Å². The highest BCUT2D eigenvalue weighted by molar-refractivity contribution is 5.76. The standard InChI is InChI=1S/C15H28N4O2/c20-14-17-7-11-19(14)10-6-16-12-15(21)5-3-9-18-8-2-1-4-13(15)18/h13,16,21H,1-12H2,(H,17,20)/t13-,15-/m1/s1. The number of nitrogens with zero attached hydrogens (tertiary/aromatic N) is 2. The molecule has 3 saturated heterocycles. The molecule has 3 rings (SSSR count). The number of aliphatic hydroxyl groups is 1. The van der Waals surface area contributed by atoms with Crippen LogP contribution in [0.4, 0.5) is 4.79 Å². The van der Waals surface area contributed by atoms with E-state index in [-0.39, 0.29) is 6.03 Å². The number of fused-ring (bicyclic) bond motifs is 1. The van der Waals surface area contributed by atoms with Gasteiger partial charge >= 0.3 is 6.03 Å². The minimum atomic E-state index is -0.591. The third-order valence-corrected chi connectivity index (χ3v) is 5.22. The van der Waals surface area contributed by atoms with Gasteiger partial charge in [-0.25, -0.2) is 4.79 Å². The number of hydrogen-bond acceptors (Lipinski definition) is 4. The molecule has 0 aromatic carbocycles. The maximum absolute atomic E-state index is 11.5. The maximum atomic E-state index is 11.5. The summed E-state index contributed by atoms with van der Waals surface area (Å²) in [5.41, 5.74) is -0.591. The molecule has 0 aliphatic carbocycles. The first-order valence-electron chi connectivity index (χ1n) is 8.39. The fraction of sp³-hybridized carbons (Fsp3) is 0.933. The van der Waals surface area contributed by atoms with Gasteiger partial charge in [-0.05, 0) is 38.8 Å². The predicted molar refractivity (Wildman–Crippen MR) is 81.2 cm³/mol. The van der Waals surface area contributed by atoms with Crippen LogP contribution < -0.4 is 10.6 Å².